The van der Waals surface area contributed by atoms with Crippen LogP contribution in [0.2, 0.25) is 0 Å². The highest BCUT2D eigenvalue weighted by Crippen LogP contribution is 2.34. The molecule has 1 amide bonds. The zero-order valence-electron chi connectivity index (χ0n) is 21.2. The van der Waals surface area contributed by atoms with Crippen molar-refractivity contribution in [3.8, 4) is 11.5 Å². The van der Waals surface area contributed by atoms with Crippen LogP contribution in [0.3, 0.4) is 0 Å². The van der Waals surface area contributed by atoms with E-state index in [4.69, 9.17) is 9.47 Å². The molecule has 0 aliphatic heterocycles. The number of carbonyl (C=O) groups excluding carboxylic acids is 1. The van der Waals surface area contributed by atoms with E-state index in [-0.39, 0.29) is 16.3 Å². The third kappa shape index (κ3) is 4.90. The van der Waals surface area contributed by atoms with Crippen molar-refractivity contribution < 1.29 is 22.7 Å². The summed E-state index contributed by atoms with van der Waals surface area (Å²) in [6.07, 6.45) is 0. The van der Waals surface area contributed by atoms with Gasteiger partial charge in [-0.2, -0.15) is 0 Å². The van der Waals surface area contributed by atoms with Crippen LogP contribution in [0.4, 0.5) is 11.4 Å². The second kappa shape index (κ2) is 10.0. The van der Waals surface area contributed by atoms with Gasteiger partial charge in [-0.15, -0.1) is 0 Å². The molecule has 0 saturated carbocycles. The first kappa shape index (κ1) is 25.8. The summed E-state index contributed by atoms with van der Waals surface area (Å²) in [4.78, 5) is 25.4. The minimum Gasteiger partial charge on any atom is -0.493 e. The minimum absolute atomic E-state index is 0.0430. The number of benzene rings is 3. The highest BCUT2D eigenvalue weighted by molar-refractivity contribution is 7.92. The third-order valence-electron chi connectivity index (χ3n) is 6.11. The van der Waals surface area contributed by atoms with E-state index in [9.17, 15) is 18.0 Å². The lowest BCUT2D eigenvalue weighted by Gasteiger charge is -2.25. The lowest BCUT2D eigenvalue weighted by Crippen LogP contribution is -2.38. The van der Waals surface area contributed by atoms with Gasteiger partial charge in [0.1, 0.15) is 6.54 Å². The van der Waals surface area contributed by atoms with Crippen molar-refractivity contribution in [2.75, 3.05) is 30.4 Å². The lowest BCUT2D eigenvalue weighted by molar-refractivity contribution is -0.114. The number of nitrogens with one attached hydrogen (secondary N) is 1. The number of aromatic nitrogens is 2. The maximum absolute atomic E-state index is 13.7. The molecule has 10 nitrogen and oxygen atoms in total. The fourth-order valence-electron chi connectivity index (χ4n) is 4.05. The van der Waals surface area contributed by atoms with Gasteiger partial charge in [-0.05, 0) is 49.4 Å². The van der Waals surface area contributed by atoms with E-state index < -0.39 is 22.5 Å². The SMILES string of the molecule is COc1ccc(N(CC(=O)Nc2ccc3c(c2)n(C)c(=O)n3C)S(=O)(=O)c2ccc(C)cc2)cc1OC. The summed E-state index contributed by atoms with van der Waals surface area (Å²) >= 11 is 0. The number of anilines is 2. The number of sulfonamides is 1. The molecule has 4 aromatic rings. The van der Waals surface area contributed by atoms with E-state index in [1.165, 1.54) is 41.6 Å². The molecule has 1 aromatic heterocycles. The van der Waals surface area contributed by atoms with Crippen LogP contribution >= 0.6 is 0 Å². The van der Waals surface area contributed by atoms with E-state index in [1.807, 2.05) is 6.92 Å². The first-order chi connectivity index (χ1) is 17.6. The molecule has 11 heteroatoms. The average Bonchev–Trinajstić information content (AvgIpc) is 3.10. The Morgan fingerprint density at radius 3 is 2.19 bits per heavy atom. The van der Waals surface area contributed by atoms with Crippen LogP contribution in [0.1, 0.15) is 5.56 Å². The molecule has 0 spiro atoms. The van der Waals surface area contributed by atoms with Gasteiger partial charge in [0, 0.05) is 25.8 Å². The number of rotatable bonds is 8. The van der Waals surface area contributed by atoms with E-state index in [1.54, 1.807) is 56.6 Å². The summed E-state index contributed by atoms with van der Waals surface area (Å²) in [5, 5.41) is 2.75. The molecule has 0 saturated heterocycles. The molecule has 4 rings (SSSR count). The Morgan fingerprint density at radius 2 is 1.54 bits per heavy atom. The third-order valence-corrected chi connectivity index (χ3v) is 7.90. The molecule has 0 atom stereocenters. The number of amides is 1. The topological polar surface area (TPSA) is 112 Å². The molecule has 0 aliphatic carbocycles. The molecule has 194 valence electrons. The molecule has 0 bridgehead atoms. The first-order valence-electron chi connectivity index (χ1n) is 11.3. The van der Waals surface area contributed by atoms with Crippen LogP contribution in [-0.4, -0.2) is 44.2 Å². The van der Waals surface area contributed by atoms with Crippen molar-refractivity contribution in [1.82, 2.24) is 9.13 Å². The number of imidazole rings is 1. The Balaban J connectivity index is 1.71. The van der Waals surface area contributed by atoms with E-state index in [0.717, 1.165) is 9.87 Å². The smallest absolute Gasteiger partial charge is 0.328 e. The summed E-state index contributed by atoms with van der Waals surface area (Å²) in [6.45, 7) is 1.35. The van der Waals surface area contributed by atoms with Crippen molar-refractivity contribution >= 4 is 38.3 Å². The summed E-state index contributed by atoms with van der Waals surface area (Å²) in [7, 11) is 2.11. The maximum Gasteiger partial charge on any atom is 0.328 e. The second-order valence-electron chi connectivity index (χ2n) is 8.52. The monoisotopic (exact) mass is 524 g/mol. The number of ether oxygens (including phenoxy) is 2. The first-order valence-corrected chi connectivity index (χ1v) is 12.8. The van der Waals surface area contributed by atoms with E-state index in [0.29, 0.717) is 28.2 Å². The number of hydrogen-bond acceptors (Lipinski definition) is 6. The number of methoxy groups -OCH3 is 2. The molecule has 0 radical (unpaired) electrons. The van der Waals surface area contributed by atoms with Crippen molar-refractivity contribution in [2.45, 2.75) is 11.8 Å². The fourth-order valence-corrected chi connectivity index (χ4v) is 5.46. The lowest BCUT2D eigenvalue weighted by atomic mass is 10.2. The van der Waals surface area contributed by atoms with Gasteiger partial charge in [-0.25, -0.2) is 13.2 Å². The zero-order chi connectivity index (χ0) is 26.9. The van der Waals surface area contributed by atoms with Gasteiger partial charge in [0.05, 0.1) is 35.8 Å². The standard InChI is InChI=1S/C26H28N4O6S/c1-17-6-10-20(11-7-17)37(33,34)30(19-9-13-23(35-4)24(15-19)36-5)16-25(31)27-18-8-12-21-22(14-18)29(3)26(32)28(21)2/h6-15H,16H2,1-5H3,(H,27,31). The predicted molar refractivity (Wildman–Crippen MR) is 142 cm³/mol. The molecular formula is C26H28N4O6S. The molecule has 3 aromatic carbocycles. The van der Waals surface area contributed by atoms with Crippen molar-refractivity contribution in [3.05, 3.63) is 76.7 Å². The Labute approximate surface area is 214 Å². The molecule has 0 aliphatic rings. The normalized spacial score (nSPS) is 11.4. The van der Waals surface area contributed by atoms with Gasteiger partial charge < -0.3 is 14.8 Å². The van der Waals surface area contributed by atoms with E-state index in [2.05, 4.69) is 5.32 Å². The summed E-state index contributed by atoms with van der Waals surface area (Å²) < 4.78 is 42.0. The predicted octanol–water partition coefficient (Wildman–Crippen LogP) is 3.04. The highest BCUT2D eigenvalue weighted by atomic mass is 32.2. The van der Waals surface area contributed by atoms with Crippen LogP contribution in [0, 0.1) is 6.92 Å². The van der Waals surface area contributed by atoms with Gasteiger partial charge in [-0.3, -0.25) is 18.2 Å². The zero-order valence-corrected chi connectivity index (χ0v) is 22.0. The maximum atomic E-state index is 13.7. The van der Waals surface area contributed by atoms with Gasteiger partial charge >= 0.3 is 5.69 Å². The Morgan fingerprint density at radius 1 is 0.892 bits per heavy atom. The number of aryl methyl sites for hydroxylation is 3. The van der Waals surface area contributed by atoms with Gasteiger partial charge in [0.2, 0.25) is 5.91 Å². The molecular weight excluding hydrogens is 496 g/mol. The van der Waals surface area contributed by atoms with Crippen LogP contribution in [0.25, 0.3) is 11.0 Å². The van der Waals surface area contributed by atoms with Gasteiger partial charge in [0.25, 0.3) is 10.0 Å². The fraction of sp³-hybridized carbons (Fsp3) is 0.231. The average molecular weight is 525 g/mol. The largest absolute Gasteiger partial charge is 0.493 e. The summed E-state index contributed by atoms with van der Waals surface area (Å²) in [5.41, 5.74) is 2.71. The number of hydrogen-bond donors (Lipinski definition) is 1. The number of nitrogens with zero attached hydrogens (tertiary/aromatic N) is 3. The van der Waals surface area contributed by atoms with Crippen molar-refractivity contribution in [2.24, 2.45) is 14.1 Å². The minimum atomic E-state index is -4.12. The van der Waals surface area contributed by atoms with Gasteiger partial charge in [-0.1, -0.05) is 17.7 Å². The van der Waals surface area contributed by atoms with Crippen LogP contribution in [0.5, 0.6) is 11.5 Å². The molecule has 1 N–H and O–H groups in total. The molecule has 1 heterocycles. The molecule has 0 unspecified atom stereocenters. The van der Waals surface area contributed by atoms with Gasteiger partial charge in [0.15, 0.2) is 11.5 Å². The van der Waals surface area contributed by atoms with Crippen molar-refractivity contribution in [3.63, 3.8) is 0 Å². The van der Waals surface area contributed by atoms with E-state index >= 15 is 0 Å². The highest BCUT2D eigenvalue weighted by Gasteiger charge is 2.28. The van der Waals surface area contributed by atoms with Crippen LogP contribution in [0.15, 0.2) is 70.4 Å². The Hall–Kier alpha value is -4.25. The summed E-state index contributed by atoms with van der Waals surface area (Å²) in [6, 6.07) is 16.1. The Bertz CT molecular complexity index is 1640. The Kier molecular flexibility index (Phi) is 6.99. The van der Waals surface area contributed by atoms with Crippen molar-refractivity contribution in [1.29, 1.82) is 0 Å². The quantitative estimate of drug-likeness (QED) is 0.379. The number of fused-ring (bicyclic) bond motifs is 1. The van der Waals surface area contributed by atoms with Crippen LogP contribution < -0.4 is 24.8 Å². The van der Waals surface area contributed by atoms with Crippen LogP contribution in [-0.2, 0) is 28.9 Å². The second-order valence-corrected chi connectivity index (χ2v) is 10.4. The molecule has 0 fully saturated rings. The summed E-state index contributed by atoms with van der Waals surface area (Å²) in [5.74, 6) is 0.177. The molecule has 37 heavy (non-hydrogen) atoms. The number of carbonyl (C=O) groups is 1.